The largest absolute Gasteiger partial charge is 0.464 e. The molecule has 2 N–H and O–H groups in total. The number of nitrogens with zero attached hydrogens (tertiary/aromatic N) is 2. The normalized spacial score (nSPS) is 15.2. The maximum absolute atomic E-state index is 14.0. The topological polar surface area (TPSA) is 54.8 Å². The monoisotopic (exact) mass is 273 g/mol. The first-order valence-electron chi connectivity index (χ1n) is 6.61. The molecule has 2 heterocycles. The number of rotatable bonds is 3. The Balaban J connectivity index is 1.74. The molecule has 20 heavy (non-hydrogen) atoms. The third-order valence-electron chi connectivity index (χ3n) is 3.45. The number of guanidine groups is 1. The molecular weight excluding hydrogens is 257 g/mol. The SMILES string of the molecule is NC(=NCc1ccc(-c2ccco2)cc1F)N1CCC1. The van der Waals surface area contributed by atoms with Gasteiger partial charge >= 0.3 is 0 Å². The summed E-state index contributed by atoms with van der Waals surface area (Å²) in [4.78, 5) is 6.21. The summed E-state index contributed by atoms with van der Waals surface area (Å²) in [6, 6.07) is 8.59. The van der Waals surface area contributed by atoms with Crippen LogP contribution < -0.4 is 5.73 Å². The molecule has 5 heteroatoms. The van der Waals surface area contributed by atoms with Crippen LogP contribution in [0.4, 0.5) is 4.39 Å². The number of furan rings is 1. The van der Waals surface area contributed by atoms with E-state index in [9.17, 15) is 4.39 Å². The number of hydrogen-bond donors (Lipinski definition) is 1. The summed E-state index contributed by atoms with van der Waals surface area (Å²) >= 11 is 0. The molecule has 4 nitrogen and oxygen atoms in total. The van der Waals surface area contributed by atoms with Crippen molar-refractivity contribution in [3.63, 3.8) is 0 Å². The molecule has 0 bridgehead atoms. The fourth-order valence-corrected chi connectivity index (χ4v) is 2.08. The standard InChI is InChI=1S/C15H16FN3O/c16-13-9-11(14-3-1-8-20-14)4-5-12(13)10-18-15(17)19-6-2-7-19/h1,3-5,8-9H,2,6-7,10H2,(H2,17,18). The van der Waals surface area contributed by atoms with Crippen molar-refractivity contribution < 1.29 is 8.81 Å². The molecular formula is C15H16FN3O. The zero-order valence-corrected chi connectivity index (χ0v) is 11.1. The molecule has 1 aromatic heterocycles. The van der Waals surface area contributed by atoms with E-state index in [1.54, 1.807) is 24.5 Å². The van der Waals surface area contributed by atoms with Gasteiger partial charge in [-0.3, -0.25) is 0 Å². The van der Waals surface area contributed by atoms with Crippen LogP contribution in [0.2, 0.25) is 0 Å². The van der Waals surface area contributed by atoms with E-state index in [1.165, 1.54) is 6.07 Å². The second kappa shape index (κ2) is 5.36. The average molecular weight is 273 g/mol. The third kappa shape index (κ3) is 2.52. The second-order valence-electron chi connectivity index (χ2n) is 4.80. The summed E-state index contributed by atoms with van der Waals surface area (Å²) in [5.74, 6) is 0.851. The number of aliphatic imine (C=N–C) groups is 1. The molecule has 1 aromatic carbocycles. The van der Waals surface area contributed by atoms with Crippen LogP contribution in [0.15, 0.2) is 46.0 Å². The van der Waals surface area contributed by atoms with Crippen LogP contribution in [0.25, 0.3) is 11.3 Å². The van der Waals surface area contributed by atoms with Gasteiger partial charge in [-0.1, -0.05) is 12.1 Å². The van der Waals surface area contributed by atoms with Crippen LogP contribution in [0.3, 0.4) is 0 Å². The van der Waals surface area contributed by atoms with E-state index >= 15 is 0 Å². The van der Waals surface area contributed by atoms with Crippen molar-refractivity contribution in [3.8, 4) is 11.3 Å². The highest BCUT2D eigenvalue weighted by atomic mass is 19.1. The van der Waals surface area contributed by atoms with Gasteiger partial charge < -0.3 is 15.1 Å². The van der Waals surface area contributed by atoms with Crippen LogP contribution in [-0.2, 0) is 6.54 Å². The molecule has 1 fully saturated rings. The Kier molecular flexibility index (Phi) is 3.41. The number of likely N-dealkylation sites (tertiary alicyclic amines) is 1. The van der Waals surface area contributed by atoms with Gasteiger partial charge in [0.2, 0.25) is 0 Å². The average Bonchev–Trinajstić information content (AvgIpc) is 2.89. The molecule has 1 aliphatic rings. The van der Waals surface area contributed by atoms with Crippen LogP contribution in [-0.4, -0.2) is 23.9 Å². The van der Waals surface area contributed by atoms with Gasteiger partial charge in [-0.15, -0.1) is 0 Å². The highest BCUT2D eigenvalue weighted by Gasteiger charge is 2.15. The maximum atomic E-state index is 14.0. The molecule has 3 rings (SSSR count). The minimum absolute atomic E-state index is 0.257. The Morgan fingerprint density at radius 1 is 1.35 bits per heavy atom. The lowest BCUT2D eigenvalue weighted by Gasteiger charge is -2.31. The fourth-order valence-electron chi connectivity index (χ4n) is 2.08. The number of benzene rings is 1. The zero-order chi connectivity index (χ0) is 13.9. The summed E-state index contributed by atoms with van der Waals surface area (Å²) < 4.78 is 19.3. The van der Waals surface area contributed by atoms with Gasteiger partial charge in [-0.2, -0.15) is 0 Å². The van der Waals surface area contributed by atoms with Gasteiger partial charge in [0.1, 0.15) is 11.6 Å². The first-order chi connectivity index (χ1) is 9.74. The highest BCUT2D eigenvalue weighted by Crippen LogP contribution is 2.22. The highest BCUT2D eigenvalue weighted by molar-refractivity contribution is 5.78. The van der Waals surface area contributed by atoms with E-state index in [-0.39, 0.29) is 12.4 Å². The minimum Gasteiger partial charge on any atom is -0.464 e. The van der Waals surface area contributed by atoms with Crippen molar-refractivity contribution in [1.82, 2.24) is 4.90 Å². The van der Waals surface area contributed by atoms with Gasteiger partial charge in [0, 0.05) is 24.2 Å². The molecule has 2 aromatic rings. The van der Waals surface area contributed by atoms with Crippen LogP contribution in [0, 0.1) is 5.82 Å². The van der Waals surface area contributed by atoms with Gasteiger partial charge in [0.15, 0.2) is 5.96 Å². The maximum Gasteiger partial charge on any atom is 0.191 e. The van der Waals surface area contributed by atoms with E-state index in [0.717, 1.165) is 25.1 Å². The fraction of sp³-hybridized carbons (Fsp3) is 0.267. The predicted octanol–water partition coefficient (Wildman–Crippen LogP) is 2.61. The second-order valence-corrected chi connectivity index (χ2v) is 4.80. The Bertz CT molecular complexity index is 618. The van der Waals surface area contributed by atoms with Gasteiger partial charge in [-0.25, -0.2) is 9.38 Å². The third-order valence-corrected chi connectivity index (χ3v) is 3.45. The van der Waals surface area contributed by atoms with Crippen LogP contribution in [0.1, 0.15) is 12.0 Å². The predicted molar refractivity (Wildman–Crippen MR) is 75.6 cm³/mol. The summed E-state index contributed by atoms with van der Waals surface area (Å²) in [5, 5.41) is 0. The van der Waals surface area contributed by atoms with Crippen LogP contribution >= 0.6 is 0 Å². The molecule has 0 spiro atoms. The van der Waals surface area contributed by atoms with E-state index in [0.29, 0.717) is 17.3 Å². The molecule has 0 aliphatic carbocycles. The smallest absolute Gasteiger partial charge is 0.191 e. The van der Waals surface area contributed by atoms with Crippen molar-refractivity contribution in [2.45, 2.75) is 13.0 Å². The summed E-state index contributed by atoms with van der Waals surface area (Å²) in [7, 11) is 0. The van der Waals surface area contributed by atoms with Crippen LogP contribution in [0.5, 0.6) is 0 Å². The minimum atomic E-state index is -0.293. The summed E-state index contributed by atoms with van der Waals surface area (Å²) in [6.45, 7) is 2.14. The summed E-state index contributed by atoms with van der Waals surface area (Å²) in [6.07, 6.45) is 2.71. The lowest BCUT2D eigenvalue weighted by Crippen LogP contribution is -2.46. The molecule has 104 valence electrons. The van der Waals surface area contributed by atoms with Crippen molar-refractivity contribution in [3.05, 3.63) is 48.0 Å². The van der Waals surface area contributed by atoms with Crippen molar-refractivity contribution in [2.75, 3.05) is 13.1 Å². The Hall–Kier alpha value is -2.30. The van der Waals surface area contributed by atoms with Crippen molar-refractivity contribution in [2.24, 2.45) is 10.7 Å². The lowest BCUT2D eigenvalue weighted by molar-refractivity contribution is 0.295. The van der Waals surface area contributed by atoms with Gasteiger partial charge in [-0.05, 0) is 24.6 Å². The molecule has 0 amide bonds. The van der Waals surface area contributed by atoms with E-state index in [4.69, 9.17) is 10.2 Å². The summed E-state index contributed by atoms with van der Waals surface area (Å²) in [5.41, 5.74) is 7.07. The molecule has 1 aliphatic heterocycles. The van der Waals surface area contributed by atoms with Gasteiger partial charge in [0.05, 0.1) is 12.8 Å². The zero-order valence-electron chi connectivity index (χ0n) is 11.1. The number of halogens is 1. The van der Waals surface area contributed by atoms with Crippen molar-refractivity contribution in [1.29, 1.82) is 0 Å². The number of hydrogen-bond acceptors (Lipinski definition) is 2. The first kappa shape index (κ1) is 12.7. The Morgan fingerprint density at radius 2 is 2.20 bits per heavy atom. The Morgan fingerprint density at radius 3 is 2.80 bits per heavy atom. The molecule has 0 radical (unpaired) electrons. The van der Waals surface area contributed by atoms with E-state index in [2.05, 4.69) is 4.99 Å². The quantitative estimate of drug-likeness (QED) is 0.691. The van der Waals surface area contributed by atoms with E-state index in [1.807, 2.05) is 11.0 Å². The van der Waals surface area contributed by atoms with Gasteiger partial charge in [0.25, 0.3) is 0 Å². The Labute approximate surface area is 116 Å². The first-order valence-corrected chi connectivity index (χ1v) is 6.61. The molecule has 0 atom stereocenters. The number of nitrogens with two attached hydrogens (primary N) is 1. The van der Waals surface area contributed by atoms with E-state index < -0.39 is 0 Å². The molecule has 1 saturated heterocycles. The molecule has 0 saturated carbocycles. The van der Waals surface area contributed by atoms with Crippen molar-refractivity contribution >= 4 is 5.96 Å². The lowest BCUT2D eigenvalue weighted by atomic mass is 10.1. The molecule has 0 unspecified atom stereocenters.